The van der Waals surface area contributed by atoms with Crippen molar-refractivity contribution in [3.8, 4) is 0 Å². The Morgan fingerprint density at radius 2 is 0.381 bits per heavy atom. The summed E-state index contributed by atoms with van der Waals surface area (Å²) in [6.07, 6.45) is 52.4. The van der Waals surface area contributed by atoms with Crippen LogP contribution in [0, 0.1) is 0 Å². The standard InChI is InChI=1S/C21H39NO2.C19H35NO2.C17H31NO2.C15H27NO2/c1-6-8-10-12-14-16-18-21(22(3)4,20(23)24-5)19-17-15-13-11-9-7-2;1-6-8-10-12-14-16-19(20(3)4,18(21)22-5)17-15-13-11-9-7-2;1-6-8-10-12-14-17(18(3)4,16(19)20-5)15-13-11-9-7-2;1-6-8-10-12-15(16(3)4,14(17)18-5)13-11-9-7-2/h6-7H,1-2,8-19H2,3-5H3;6-7H,1-2,8-17H2,3-5H3;6-7H,1-2,8-15H2,3-5H3;6-7H,1-2,8-13H2,3-5H3. The van der Waals surface area contributed by atoms with Crippen molar-refractivity contribution in [1.29, 1.82) is 0 Å². The number of carbonyl (C=O) groups excluding carboxylic acids is 4. The minimum Gasteiger partial charge on any atom is -0.468 e. The van der Waals surface area contributed by atoms with E-state index in [9.17, 15) is 19.2 Å². The zero-order valence-electron chi connectivity index (χ0n) is 56.8. The number of hydrogen-bond donors (Lipinski definition) is 0. The zero-order chi connectivity index (χ0) is 64.6. The fourth-order valence-electron chi connectivity index (χ4n) is 11.0. The SMILES string of the molecule is C=CCCCC(CCCC=C)(C(=O)OC)N(C)C.C=CCCCCC(CCCCC=C)(C(=O)OC)N(C)C.C=CCCCCCC(CCCCCC=C)(C(=O)OC)N(C)C.C=CCCCCCCC(CCCCCCC=C)(C(=O)OC)N(C)C. The van der Waals surface area contributed by atoms with E-state index in [1.165, 1.54) is 67.0 Å². The van der Waals surface area contributed by atoms with E-state index in [0.29, 0.717) is 0 Å². The molecule has 0 aromatic carbocycles. The van der Waals surface area contributed by atoms with Gasteiger partial charge in [-0.15, -0.1) is 52.6 Å². The van der Waals surface area contributed by atoms with Crippen molar-refractivity contribution in [2.24, 2.45) is 0 Å². The molecule has 0 aromatic rings. The normalized spacial score (nSPS) is 11.4. The van der Waals surface area contributed by atoms with Crippen LogP contribution in [0.4, 0.5) is 0 Å². The molecule has 488 valence electrons. The molecule has 0 bridgehead atoms. The average molecular weight is 1180 g/mol. The van der Waals surface area contributed by atoms with Crippen LogP contribution in [0.2, 0.25) is 0 Å². The van der Waals surface area contributed by atoms with Crippen molar-refractivity contribution >= 4 is 23.9 Å². The third-order valence-corrected chi connectivity index (χ3v) is 16.7. The summed E-state index contributed by atoms with van der Waals surface area (Å²) < 4.78 is 20.4. The Morgan fingerprint density at radius 3 is 0.548 bits per heavy atom. The maximum atomic E-state index is 12.5. The van der Waals surface area contributed by atoms with Gasteiger partial charge >= 0.3 is 23.9 Å². The van der Waals surface area contributed by atoms with Crippen molar-refractivity contribution in [3.63, 3.8) is 0 Å². The maximum absolute atomic E-state index is 12.5. The number of carbonyl (C=O) groups is 4. The number of ether oxygens (including phenoxy) is 4. The molecule has 0 amide bonds. The van der Waals surface area contributed by atoms with Crippen molar-refractivity contribution < 1.29 is 38.1 Å². The molecule has 0 heterocycles. The zero-order valence-corrected chi connectivity index (χ0v) is 56.8. The number of methoxy groups -OCH3 is 4. The second-order valence-electron chi connectivity index (χ2n) is 23.4. The summed E-state index contributed by atoms with van der Waals surface area (Å²) in [5.74, 6) is -0.421. The molecule has 0 N–H and O–H groups in total. The fraction of sp³-hybridized carbons (Fsp3) is 0.722. The summed E-state index contributed by atoms with van der Waals surface area (Å²) in [5.41, 5.74) is -1.94. The van der Waals surface area contributed by atoms with E-state index < -0.39 is 22.2 Å². The first kappa shape index (κ1) is 86.1. The maximum Gasteiger partial charge on any atom is 0.326 e. The quantitative estimate of drug-likeness (QED) is 0.0250. The molecule has 0 aromatic heterocycles. The van der Waals surface area contributed by atoms with Crippen LogP contribution in [0.15, 0.2) is 101 Å². The second kappa shape index (κ2) is 56.4. The number of likely N-dealkylation sites (N-methyl/N-ethyl adjacent to an activating group) is 4. The molecule has 0 saturated heterocycles. The van der Waals surface area contributed by atoms with Gasteiger partial charge in [0.1, 0.15) is 22.2 Å². The Hall–Kier alpha value is -4.36. The molecule has 12 heteroatoms. The highest BCUT2D eigenvalue weighted by molar-refractivity contribution is 5.82. The Balaban J connectivity index is -0.000000511. The minimum absolute atomic E-state index is 0.0790. The van der Waals surface area contributed by atoms with Gasteiger partial charge in [0, 0.05) is 0 Å². The van der Waals surface area contributed by atoms with Crippen molar-refractivity contribution in [1.82, 2.24) is 19.6 Å². The van der Waals surface area contributed by atoms with Crippen molar-refractivity contribution in [2.75, 3.05) is 84.8 Å². The molecular formula is C72H132N4O8. The summed E-state index contributed by atoms with van der Waals surface area (Å²) in [6.45, 7) is 30.0. The van der Waals surface area contributed by atoms with Gasteiger partial charge in [-0.1, -0.05) is 126 Å². The van der Waals surface area contributed by atoms with Crippen LogP contribution >= 0.6 is 0 Å². The lowest BCUT2D eigenvalue weighted by atomic mass is 9.85. The topological polar surface area (TPSA) is 118 Å². The largest absolute Gasteiger partial charge is 0.468 e. The fourth-order valence-corrected chi connectivity index (χ4v) is 11.0. The number of nitrogens with zero attached hydrogens (tertiary/aromatic N) is 4. The molecule has 0 atom stereocenters. The molecule has 0 radical (unpaired) electrons. The van der Waals surface area contributed by atoms with Gasteiger partial charge in [-0.3, -0.25) is 38.8 Å². The van der Waals surface area contributed by atoms with E-state index in [-0.39, 0.29) is 23.9 Å². The summed E-state index contributed by atoms with van der Waals surface area (Å²) in [5, 5.41) is 0. The molecular weight excluding hydrogens is 1050 g/mol. The van der Waals surface area contributed by atoms with Crippen molar-refractivity contribution in [3.05, 3.63) is 101 Å². The predicted molar refractivity (Wildman–Crippen MR) is 362 cm³/mol. The van der Waals surface area contributed by atoms with E-state index >= 15 is 0 Å². The molecule has 12 nitrogen and oxygen atoms in total. The van der Waals surface area contributed by atoms with Crippen LogP contribution < -0.4 is 0 Å². The van der Waals surface area contributed by atoms with E-state index in [4.69, 9.17) is 18.9 Å². The van der Waals surface area contributed by atoms with E-state index in [1.807, 2.05) is 115 Å². The highest BCUT2D eigenvalue weighted by Gasteiger charge is 2.43. The molecule has 0 fully saturated rings. The van der Waals surface area contributed by atoms with Gasteiger partial charge in [-0.25, -0.2) is 0 Å². The number of hydrogen-bond acceptors (Lipinski definition) is 12. The molecule has 0 unspecified atom stereocenters. The van der Waals surface area contributed by atoms with Crippen LogP contribution in [0.25, 0.3) is 0 Å². The van der Waals surface area contributed by atoms with E-state index in [2.05, 4.69) is 62.4 Å². The molecule has 0 aliphatic heterocycles. The molecule has 0 aliphatic rings. The summed E-state index contributed by atoms with van der Waals surface area (Å²) >= 11 is 0. The van der Waals surface area contributed by atoms with Crippen LogP contribution in [-0.4, -0.2) is 150 Å². The number of allylic oxidation sites excluding steroid dienone is 8. The van der Waals surface area contributed by atoms with Crippen LogP contribution in [0.1, 0.15) is 231 Å². The molecule has 0 rings (SSSR count). The average Bonchev–Trinajstić information content (AvgIpc) is 3.56. The monoisotopic (exact) mass is 1180 g/mol. The smallest absolute Gasteiger partial charge is 0.326 e. The second-order valence-corrected chi connectivity index (χ2v) is 23.4. The molecule has 84 heavy (non-hydrogen) atoms. The molecule has 0 spiro atoms. The molecule has 0 aliphatic carbocycles. The summed E-state index contributed by atoms with van der Waals surface area (Å²) in [7, 11) is 21.8. The van der Waals surface area contributed by atoms with Crippen LogP contribution in [0.3, 0.4) is 0 Å². The number of unbranched alkanes of at least 4 members (excludes halogenated alkanes) is 20. The number of esters is 4. The lowest BCUT2D eigenvalue weighted by Gasteiger charge is -2.37. The van der Waals surface area contributed by atoms with Gasteiger partial charge in [-0.2, -0.15) is 0 Å². The lowest BCUT2D eigenvalue weighted by Crippen LogP contribution is -2.51. The summed E-state index contributed by atoms with van der Waals surface area (Å²) in [6, 6.07) is 0. The first-order valence-electron chi connectivity index (χ1n) is 32.1. The van der Waals surface area contributed by atoms with Gasteiger partial charge in [0.15, 0.2) is 0 Å². The van der Waals surface area contributed by atoms with E-state index in [0.717, 1.165) is 193 Å². The Morgan fingerprint density at radius 1 is 0.250 bits per heavy atom. The highest BCUT2D eigenvalue weighted by Crippen LogP contribution is 2.33. The Kier molecular flexibility index (Phi) is 57.8. The number of rotatable bonds is 52. The first-order valence-corrected chi connectivity index (χ1v) is 32.1. The van der Waals surface area contributed by atoms with Crippen molar-refractivity contribution in [2.45, 2.75) is 253 Å². The minimum atomic E-state index is -0.513. The van der Waals surface area contributed by atoms with Gasteiger partial charge in [0.2, 0.25) is 0 Å². The van der Waals surface area contributed by atoms with E-state index in [1.54, 1.807) is 0 Å². The summed E-state index contributed by atoms with van der Waals surface area (Å²) in [4.78, 5) is 57.5. The first-order chi connectivity index (χ1) is 40.2. The van der Waals surface area contributed by atoms with Crippen LogP contribution in [0.5, 0.6) is 0 Å². The van der Waals surface area contributed by atoms with Crippen LogP contribution in [-0.2, 0) is 38.1 Å². The lowest BCUT2D eigenvalue weighted by molar-refractivity contribution is -0.155. The van der Waals surface area contributed by atoms with Gasteiger partial charge in [0.25, 0.3) is 0 Å². The van der Waals surface area contributed by atoms with Gasteiger partial charge in [0.05, 0.1) is 28.4 Å². The van der Waals surface area contributed by atoms with Gasteiger partial charge in [-0.05, 0) is 210 Å². The third-order valence-electron chi connectivity index (χ3n) is 16.7. The van der Waals surface area contributed by atoms with Gasteiger partial charge < -0.3 is 18.9 Å². The Bertz CT molecular complexity index is 1670. The highest BCUT2D eigenvalue weighted by atomic mass is 16.5. The predicted octanol–water partition coefficient (Wildman–Crippen LogP) is 17.4. The third kappa shape index (κ3) is 36.6. The molecule has 0 saturated carbocycles. The Labute approximate surface area is 518 Å².